The minimum Gasteiger partial charge on any atom is -0.387 e. The molecule has 0 spiro atoms. The number of amides is 1. The number of carbonyl (C=O) groups excluding carboxylic acids is 2. The van der Waals surface area contributed by atoms with E-state index in [1.807, 2.05) is 0 Å². The number of nitrogens with zero attached hydrogens (tertiary/aromatic N) is 3. The largest absolute Gasteiger partial charge is 0.387 e. The molecule has 0 bridgehead atoms. The predicted molar refractivity (Wildman–Crippen MR) is 77.3 cm³/mol. The summed E-state index contributed by atoms with van der Waals surface area (Å²) in [5.41, 5.74) is 1.56. The highest BCUT2D eigenvalue weighted by Gasteiger charge is 2.14. The highest BCUT2D eigenvalue weighted by Crippen LogP contribution is 2.20. The molecule has 7 nitrogen and oxygen atoms in total. The summed E-state index contributed by atoms with van der Waals surface area (Å²) in [4.78, 5) is 30.9. The van der Waals surface area contributed by atoms with Crippen molar-refractivity contribution in [2.45, 2.75) is 19.9 Å². The van der Waals surface area contributed by atoms with Gasteiger partial charge in [-0.25, -0.2) is 9.97 Å². The molecule has 0 aromatic carbocycles. The molecule has 8 heteroatoms. The Morgan fingerprint density at radius 1 is 1.48 bits per heavy atom. The van der Waals surface area contributed by atoms with Gasteiger partial charge in [0.1, 0.15) is 17.3 Å². The van der Waals surface area contributed by atoms with E-state index in [0.717, 1.165) is 0 Å². The van der Waals surface area contributed by atoms with Crippen LogP contribution in [-0.2, 0) is 11.3 Å². The van der Waals surface area contributed by atoms with Crippen LogP contribution in [0.1, 0.15) is 23.7 Å². The Morgan fingerprint density at radius 3 is 2.90 bits per heavy atom. The van der Waals surface area contributed by atoms with E-state index in [-0.39, 0.29) is 10.9 Å². The maximum atomic E-state index is 11.6. The molecule has 1 amide bonds. The maximum Gasteiger partial charge on any atom is 0.245 e. The van der Waals surface area contributed by atoms with Crippen molar-refractivity contribution in [3.63, 3.8) is 0 Å². The van der Waals surface area contributed by atoms with Crippen LogP contribution in [0.3, 0.4) is 0 Å². The second-order valence-electron chi connectivity index (χ2n) is 4.52. The van der Waals surface area contributed by atoms with E-state index in [1.165, 1.54) is 13.1 Å². The molecule has 0 unspecified atom stereocenters. The first-order chi connectivity index (χ1) is 10.0. The summed E-state index contributed by atoms with van der Waals surface area (Å²) in [6.07, 6.45) is 3.72. The molecule has 0 atom stereocenters. The predicted octanol–water partition coefficient (Wildman–Crippen LogP) is 0.786. The molecule has 0 aliphatic rings. The summed E-state index contributed by atoms with van der Waals surface area (Å²) < 4.78 is 1.79. The number of ketones is 1. The number of hydrogen-bond acceptors (Lipinski definition) is 5. The number of fused-ring (bicyclic) bond motifs is 1. The number of Topliss-reactive ketones (excluding diaryl/α,β-unsaturated/α-hetero) is 1. The minimum absolute atomic E-state index is 0.0936. The molecule has 2 aromatic heterocycles. The van der Waals surface area contributed by atoms with E-state index in [0.29, 0.717) is 36.2 Å². The summed E-state index contributed by atoms with van der Waals surface area (Å²) in [5.74, 6) is -0.511. The zero-order valence-corrected chi connectivity index (χ0v) is 12.2. The van der Waals surface area contributed by atoms with Gasteiger partial charge in [0.05, 0.1) is 11.8 Å². The second kappa shape index (κ2) is 6.64. The highest BCUT2D eigenvalue weighted by molar-refractivity contribution is 6.29. The maximum absolute atomic E-state index is 11.6. The number of aliphatic hydroxyl groups excluding tert-OH is 1. The van der Waals surface area contributed by atoms with Gasteiger partial charge in [-0.2, -0.15) is 0 Å². The van der Waals surface area contributed by atoms with Gasteiger partial charge in [0.15, 0.2) is 11.4 Å². The number of aryl methyl sites for hydroxylation is 1. The van der Waals surface area contributed by atoms with Crippen molar-refractivity contribution in [1.29, 1.82) is 0 Å². The fourth-order valence-electron chi connectivity index (χ4n) is 1.99. The third-order valence-corrected chi connectivity index (χ3v) is 3.14. The number of rotatable bonds is 6. The number of hydrogen-bond donors (Lipinski definition) is 2. The van der Waals surface area contributed by atoms with Crippen LogP contribution in [0.2, 0.25) is 5.15 Å². The zero-order valence-electron chi connectivity index (χ0n) is 11.5. The van der Waals surface area contributed by atoms with Crippen LogP contribution in [0.15, 0.2) is 12.4 Å². The lowest BCUT2D eigenvalue weighted by Gasteiger charge is -2.05. The minimum atomic E-state index is -0.526. The molecule has 2 rings (SSSR count). The molecule has 0 radical (unpaired) electrons. The lowest BCUT2D eigenvalue weighted by Crippen LogP contribution is -2.27. The average Bonchev–Trinajstić information content (AvgIpc) is 2.81. The van der Waals surface area contributed by atoms with Crippen molar-refractivity contribution in [1.82, 2.24) is 19.9 Å². The zero-order chi connectivity index (χ0) is 15.4. The van der Waals surface area contributed by atoms with Crippen LogP contribution >= 0.6 is 11.6 Å². The molecule has 2 heterocycles. The Balaban J connectivity index is 2.17. The molecule has 2 N–H and O–H groups in total. The van der Waals surface area contributed by atoms with Crippen LogP contribution in [0.25, 0.3) is 11.2 Å². The van der Waals surface area contributed by atoms with Crippen molar-refractivity contribution in [2.24, 2.45) is 0 Å². The Bertz CT molecular complexity index is 683. The quantitative estimate of drug-likeness (QED) is 0.607. The average molecular weight is 311 g/mol. The van der Waals surface area contributed by atoms with Gasteiger partial charge < -0.3 is 15.0 Å². The van der Waals surface area contributed by atoms with Crippen LogP contribution in [0, 0.1) is 0 Å². The number of aliphatic hydroxyl groups is 1. The third-order valence-electron chi connectivity index (χ3n) is 2.96. The Morgan fingerprint density at radius 2 is 2.24 bits per heavy atom. The molecule has 0 saturated carbocycles. The fourth-order valence-corrected chi connectivity index (χ4v) is 2.12. The van der Waals surface area contributed by atoms with Crippen molar-refractivity contribution >= 4 is 34.5 Å². The normalized spacial score (nSPS) is 10.8. The molecule has 0 aliphatic heterocycles. The number of halogens is 1. The van der Waals surface area contributed by atoms with Crippen LogP contribution in [-0.4, -0.2) is 44.5 Å². The fraction of sp³-hybridized carbons (Fsp3) is 0.385. The molecule has 21 heavy (non-hydrogen) atoms. The van der Waals surface area contributed by atoms with Crippen LogP contribution < -0.4 is 5.32 Å². The first-order valence-electron chi connectivity index (χ1n) is 6.42. The van der Waals surface area contributed by atoms with Gasteiger partial charge in [0, 0.05) is 19.3 Å². The monoisotopic (exact) mass is 310 g/mol. The van der Waals surface area contributed by atoms with E-state index in [9.17, 15) is 9.59 Å². The van der Waals surface area contributed by atoms with E-state index in [1.54, 1.807) is 10.8 Å². The Labute approximate surface area is 125 Å². The van der Waals surface area contributed by atoms with E-state index >= 15 is 0 Å². The smallest absolute Gasteiger partial charge is 0.245 e. The lowest BCUT2D eigenvalue weighted by molar-refractivity contribution is -0.123. The first kappa shape index (κ1) is 15.4. The Hall–Kier alpha value is -1.99. The van der Waals surface area contributed by atoms with Gasteiger partial charge in [-0.1, -0.05) is 11.6 Å². The number of aromatic nitrogens is 3. The molecule has 112 valence electrons. The number of nitrogens with one attached hydrogen (secondary N) is 1. The van der Waals surface area contributed by atoms with Gasteiger partial charge in [0.25, 0.3) is 0 Å². The second-order valence-corrected chi connectivity index (χ2v) is 4.91. The van der Waals surface area contributed by atoms with Crippen molar-refractivity contribution in [3.05, 3.63) is 23.1 Å². The van der Waals surface area contributed by atoms with Crippen molar-refractivity contribution < 1.29 is 14.7 Å². The van der Waals surface area contributed by atoms with Crippen LogP contribution in [0.4, 0.5) is 0 Å². The summed E-state index contributed by atoms with van der Waals surface area (Å²) >= 11 is 5.84. The summed E-state index contributed by atoms with van der Waals surface area (Å²) in [5, 5.41) is 11.4. The first-order valence-corrected chi connectivity index (χ1v) is 6.80. The highest BCUT2D eigenvalue weighted by atomic mass is 35.5. The van der Waals surface area contributed by atoms with Gasteiger partial charge in [-0.3, -0.25) is 9.59 Å². The van der Waals surface area contributed by atoms with Gasteiger partial charge in [-0.05, 0) is 13.3 Å². The molecule has 0 fully saturated rings. The van der Waals surface area contributed by atoms with E-state index in [4.69, 9.17) is 16.7 Å². The SMILES string of the molecule is CC(=O)c1cn(CCCNC(=O)CO)c2nc(Cl)cnc12. The van der Waals surface area contributed by atoms with Gasteiger partial charge >= 0.3 is 0 Å². The Kier molecular flexibility index (Phi) is 4.87. The van der Waals surface area contributed by atoms with E-state index in [2.05, 4.69) is 15.3 Å². The topological polar surface area (TPSA) is 97.1 Å². The van der Waals surface area contributed by atoms with E-state index < -0.39 is 12.5 Å². The molecular weight excluding hydrogens is 296 g/mol. The standard InChI is InChI=1S/C13H15ClN4O3/c1-8(20)9-6-18(4-2-3-15-11(21)7-19)13-12(9)16-5-10(14)17-13/h5-6,19H,2-4,7H2,1H3,(H,15,21). The third kappa shape index (κ3) is 3.56. The van der Waals surface area contributed by atoms with Crippen LogP contribution in [0.5, 0.6) is 0 Å². The van der Waals surface area contributed by atoms with Gasteiger partial charge in [-0.15, -0.1) is 0 Å². The molecule has 0 aliphatic carbocycles. The molecule has 2 aromatic rings. The van der Waals surface area contributed by atoms with Crippen molar-refractivity contribution in [3.8, 4) is 0 Å². The summed E-state index contributed by atoms with van der Waals surface area (Å²) in [7, 11) is 0. The van der Waals surface area contributed by atoms with Crippen molar-refractivity contribution in [2.75, 3.05) is 13.2 Å². The summed E-state index contributed by atoms with van der Waals surface area (Å²) in [6, 6.07) is 0. The van der Waals surface area contributed by atoms with Gasteiger partial charge in [0.2, 0.25) is 5.91 Å². The lowest BCUT2D eigenvalue weighted by atomic mass is 10.2. The molecule has 0 saturated heterocycles. The molecular formula is C13H15ClN4O3. The summed E-state index contributed by atoms with van der Waals surface area (Å²) in [6.45, 7) is 1.91. The number of carbonyl (C=O) groups is 2.